The number of nitrogens with zero attached hydrogens (tertiary/aromatic N) is 1. The first kappa shape index (κ1) is 17.1. The molecule has 2 aromatic carbocycles. The Hall–Kier alpha value is -2.69. The number of amides is 1. The SMILES string of the molecule is N#CC(=Cc1cccc(Br)c1)C(=O)Nc1ccc2c(c1)S(=O)(=O)C=C2. The monoisotopic (exact) mass is 414 g/mol. The lowest BCUT2D eigenvalue weighted by atomic mass is 10.1. The first-order valence-electron chi connectivity index (χ1n) is 7.15. The Morgan fingerprint density at radius 2 is 2.00 bits per heavy atom. The standard InChI is InChI=1S/C18H11BrN2O3S/c19-15-3-1-2-12(9-15)8-14(11-20)18(22)21-16-5-4-13-6-7-25(23,24)17(13)10-16/h1-10H,(H,21,22). The number of rotatable bonds is 3. The molecule has 0 aromatic heterocycles. The van der Waals surface area contributed by atoms with Crippen molar-refractivity contribution in [1.82, 2.24) is 0 Å². The van der Waals surface area contributed by atoms with Crippen LogP contribution in [0.2, 0.25) is 0 Å². The van der Waals surface area contributed by atoms with Crippen molar-refractivity contribution in [1.29, 1.82) is 5.26 Å². The molecule has 5 nitrogen and oxygen atoms in total. The fourth-order valence-corrected chi connectivity index (χ4v) is 3.99. The fraction of sp³-hybridized carbons (Fsp3) is 0. The van der Waals surface area contributed by atoms with E-state index in [2.05, 4.69) is 21.2 Å². The van der Waals surface area contributed by atoms with Crippen LogP contribution in [0, 0.1) is 11.3 Å². The summed E-state index contributed by atoms with van der Waals surface area (Å²) in [5.74, 6) is -0.606. The van der Waals surface area contributed by atoms with E-state index in [1.165, 1.54) is 18.2 Å². The van der Waals surface area contributed by atoms with Crippen molar-refractivity contribution >= 4 is 49.5 Å². The molecular formula is C18H11BrN2O3S. The number of hydrogen-bond acceptors (Lipinski definition) is 4. The van der Waals surface area contributed by atoms with Crippen LogP contribution in [0.5, 0.6) is 0 Å². The molecule has 0 bridgehead atoms. The van der Waals surface area contributed by atoms with Crippen LogP contribution in [0.25, 0.3) is 12.2 Å². The molecule has 2 aromatic rings. The predicted molar refractivity (Wildman–Crippen MR) is 99.0 cm³/mol. The van der Waals surface area contributed by atoms with E-state index in [1.54, 1.807) is 30.3 Å². The molecular weight excluding hydrogens is 404 g/mol. The largest absolute Gasteiger partial charge is 0.321 e. The van der Waals surface area contributed by atoms with Gasteiger partial charge in [-0.05, 0) is 47.5 Å². The van der Waals surface area contributed by atoms with Gasteiger partial charge in [-0.1, -0.05) is 34.1 Å². The van der Waals surface area contributed by atoms with Gasteiger partial charge in [0.25, 0.3) is 5.91 Å². The molecule has 1 amide bonds. The zero-order valence-corrected chi connectivity index (χ0v) is 15.1. The molecule has 7 heteroatoms. The smallest absolute Gasteiger partial charge is 0.266 e. The summed E-state index contributed by atoms with van der Waals surface area (Å²) in [5, 5.41) is 12.9. The summed E-state index contributed by atoms with van der Waals surface area (Å²) in [6, 6.07) is 13.6. The zero-order chi connectivity index (χ0) is 18.0. The van der Waals surface area contributed by atoms with E-state index in [-0.39, 0.29) is 10.5 Å². The first-order chi connectivity index (χ1) is 11.9. The van der Waals surface area contributed by atoms with E-state index in [9.17, 15) is 18.5 Å². The van der Waals surface area contributed by atoms with Crippen molar-refractivity contribution in [3.8, 4) is 6.07 Å². The molecule has 124 valence electrons. The van der Waals surface area contributed by atoms with Crippen LogP contribution in [0.15, 0.2) is 62.8 Å². The molecule has 1 aliphatic rings. The number of benzene rings is 2. The second-order valence-electron chi connectivity index (χ2n) is 5.28. The van der Waals surface area contributed by atoms with Crippen molar-refractivity contribution < 1.29 is 13.2 Å². The number of halogens is 1. The van der Waals surface area contributed by atoms with Crippen LogP contribution in [0.1, 0.15) is 11.1 Å². The maximum Gasteiger partial charge on any atom is 0.266 e. The van der Waals surface area contributed by atoms with Gasteiger partial charge < -0.3 is 5.32 Å². The Balaban J connectivity index is 1.86. The molecule has 1 heterocycles. The lowest BCUT2D eigenvalue weighted by molar-refractivity contribution is -0.112. The van der Waals surface area contributed by atoms with Gasteiger partial charge in [0.1, 0.15) is 11.6 Å². The van der Waals surface area contributed by atoms with E-state index in [0.29, 0.717) is 16.8 Å². The summed E-state index contributed by atoms with van der Waals surface area (Å²) in [4.78, 5) is 12.5. The minimum atomic E-state index is -3.46. The highest BCUT2D eigenvalue weighted by molar-refractivity contribution is 9.10. The first-order valence-corrected chi connectivity index (χ1v) is 9.49. The van der Waals surface area contributed by atoms with Gasteiger partial charge in [-0.3, -0.25) is 4.79 Å². The molecule has 0 unspecified atom stereocenters. The lowest BCUT2D eigenvalue weighted by Crippen LogP contribution is -2.13. The predicted octanol–water partition coefficient (Wildman–Crippen LogP) is 3.75. The van der Waals surface area contributed by atoms with E-state index >= 15 is 0 Å². The number of anilines is 1. The average molecular weight is 415 g/mol. The van der Waals surface area contributed by atoms with E-state index in [0.717, 1.165) is 9.88 Å². The molecule has 0 spiro atoms. The fourth-order valence-electron chi connectivity index (χ4n) is 2.34. The van der Waals surface area contributed by atoms with Gasteiger partial charge in [0, 0.05) is 15.6 Å². The summed E-state index contributed by atoms with van der Waals surface area (Å²) in [5.41, 5.74) is 1.50. The zero-order valence-electron chi connectivity index (χ0n) is 12.7. The maximum absolute atomic E-state index is 12.3. The van der Waals surface area contributed by atoms with E-state index in [1.807, 2.05) is 12.1 Å². The van der Waals surface area contributed by atoms with Crippen LogP contribution in [0.4, 0.5) is 5.69 Å². The third-order valence-corrected chi connectivity index (χ3v) is 5.48. The number of fused-ring (bicyclic) bond motifs is 1. The van der Waals surface area contributed by atoms with Gasteiger partial charge in [-0.2, -0.15) is 5.26 Å². The highest BCUT2D eigenvalue weighted by Gasteiger charge is 2.21. The van der Waals surface area contributed by atoms with Gasteiger partial charge >= 0.3 is 0 Å². The summed E-state index contributed by atoms with van der Waals surface area (Å²) < 4.78 is 24.6. The van der Waals surface area contributed by atoms with Crippen molar-refractivity contribution in [3.05, 3.63) is 69.0 Å². The Labute approximate surface area is 153 Å². The van der Waals surface area contributed by atoms with Crippen LogP contribution in [-0.4, -0.2) is 14.3 Å². The Kier molecular flexibility index (Phi) is 4.57. The maximum atomic E-state index is 12.3. The number of carbonyl (C=O) groups is 1. The average Bonchev–Trinajstić information content (AvgIpc) is 2.87. The summed E-state index contributed by atoms with van der Waals surface area (Å²) >= 11 is 3.33. The van der Waals surface area contributed by atoms with Crippen LogP contribution in [-0.2, 0) is 14.6 Å². The molecule has 1 N–H and O–H groups in total. The molecule has 25 heavy (non-hydrogen) atoms. The minimum absolute atomic E-state index is 0.0837. The van der Waals surface area contributed by atoms with Crippen molar-refractivity contribution in [2.75, 3.05) is 5.32 Å². The molecule has 0 saturated carbocycles. The lowest BCUT2D eigenvalue weighted by Gasteiger charge is -2.07. The van der Waals surface area contributed by atoms with Gasteiger partial charge in [0.15, 0.2) is 0 Å². The van der Waals surface area contributed by atoms with Crippen molar-refractivity contribution in [2.45, 2.75) is 4.90 Å². The topological polar surface area (TPSA) is 87.0 Å². The van der Waals surface area contributed by atoms with Crippen LogP contribution < -0.4 is 5.32 Å². The Morgan fingerprint density at radius 3 is 2.72 bits per heavy atom. The van der Waals surface area contributed by atoms with Crippen molar-refractivity contribution in [3.63, 3.8) is 0 Å². The number of nitrogens with one attached hydrogen (secondary N) is 1. The molecule has 3 rings (SSSR count). The second-order valence-corrected chi connectivity index (χ2v) is 8.00. The number of sulfone groups is 1. The highest BCUT2D eigenvalue weighted by atomic mass is 79.9. The van der Waals surface area contributed by atoms with Crippen molar-refractivity contribution in [2.24, 2.45) is 0 Å². The number of hydrogen-bond donors (Lipinski definition) is 1. The highest BCUT2D eigenvalue weighted by Crippen LogP contribution is 2.29. The normalized spacial score (nSPS) is 14.6. The molecule has 0 aliphatic carbocycles. The summed E-state index contributed by atoms with van der Waals surface area (Å²) in [6.07, 6.45) is 2.97. The van der Waals surface area contributed by atoms with Gasteiger partial charge in [0.2, 0.25) is 9.84 Å². The third-order valence-electron chi connectivity index (χ3n) is 3.53. The van der Waals surface area contributed by atoms with Crippen LogP contribution >= 0.6 is 15.9 Å². The van der Waals surface area contributed by atoms with Gasteiger partial charge in [-0.15, -0.1) is 0 Å². The third kappa shape index (κ3) is 3.71. The quantitative estimate of drug-likeness (QED) is 0.611. The minimum Gasteiger partial charge on any atom is -0.321 e. The van der Waals surface area contributed by atoms with Gasteiger partial charge in [0.05, 0.1) is 4.90 Å². The molecule has 0 saturated heterocycles. The number of nitriles is 1. The Morgan fingerprint density at radius 1 is 1.20 bits per heavy atom. The molecule has 0 atom stereocenters. The Bertz CT molecular complexity index is 1080. The second kappa shape index (κ2) is 6.67. The summed E-state index contributed by atoms with van der Waals surface area (Å²) in [7, 11) is -3.46. The van der Waals surface area contributed by atoms with E-state index in [4.69, 9.17) is 0 Å². The molecule has 0 fully saturated rings. The van der Waals surface area contributed by atoms with Crippen LogP contribution in [0.3, 0.4) is 0 Å². The number of carbonyl (C=O) groups excluding carboxylic acids is 1. The summed E-state index contributed by atoms with van der Waals surface area (Å²) in [6.45, 7) is 0. The molecule has 0 radical (unpaired) electrons. The van der Waals surface area contributed by atoms with E-state index < -0.39 is 15.7 Å². The van der Waals surface area contributed by atoms with Gasteiger partial charge in [-0.25, -0.2) is 8.42 Å². The molecule has 1 aliphatic heterocycles.